The zero-order chi connectivity index (χ0) is 6.69. The van der Waals surface area contributed by atoms with E-state index in [0.717, 1.165) is 0 Å². The predicted octanol–water partition coefficient (Wildman–Crippen LogP) is 0.838. The minimum absolute atomic E-state index is 0. The van der Waals surface area contributed by atoms with Gasteiger partial charge in [0, 0.05) is 12.1 Å². The third-order valence-corrected chi connectivity index (χ3v) is 0.977. The number of hydrogen-bond donors (Lipinski definition) is 1. The third-order valence-electron chi connectivity index (χ3n) is 0.977. The average molecular weight is 164 g/mol. The summed E-state index contributed by atoms with van der Waals surface area (Å²) in [6, 6.07) is 8.17. The number of benzene rings is 1. The van der Waals surface area contributed by atoms with Crippen LogP contribution in [0.3, 0.4) is 0 Å². The van der Waals surface area contributed by atoms with Crippen LogP contribution in [0, 0.1) is 4.91 Å². The van der Waals surface area contributed by atoms with Gasteiger partial charge in [-0.1, -0.05) is 18.2 Å². The quantitative estimate of drug-likeness (QED) is 0.493. The molecule has 0 aliphatic carbocycles. The van der Waals surface area contributed by atoms with Gasteiger partial charge in [-0.15, -0.1) is 0 Å². The zero-order valence-corrected chi connectivity index (χ0v) is 4.69. The first-order valence-corrected chi connectivity index (χ1v) is 2.52. The number of rotatable bonds is 1. The Hall–Kier alpha value is 0.256. The van der Waals surface area contributed by atoms with Crippen molar-refractivity contribution >= 4 is 57.1 Å². The van der Waals surface area contributed by atoms with Gasteiger partial charge in [0.2, 0.25) is 0 Å². The van der Waals surface area contributed by atoms with Crippen molar-refractivity contribution in [3.63, 3.8) is 0 Å². The Labute approximate surface area is 101 Å². The number of para-hydroxylation sites is 1. The van der Waals surface area contributed by atoms with E-state index in [4.69, 9.17) is 5.21 Å². The molecule has 0 amide bonds. The average Bonchev–Trinajstić information content (AvgIpc) is 1.90. The standard InChI is InChI=1S/C6H6NO2.K.H/c8-7(9)6-4-2-1-3-5-6;;/h1-5H,(H,8,9);;/q+1;;. The van der Waals surface area contributed by atoms with E-state index in [1.165, 1.54) is 12.1 Å². The molecule has 1 aromatic rings. The maximum absolute atomic E-state index is 10.1. The Morgan fingerprint density at radius 2 is 1.70 bits per heavy atom. The van der Waals surface area contributed by atoms with Gasteiger partial charge in [0.15, 0.2) is 0 Å². The number of hydrogen-bond acceptors (Lipinski definition) is 1. The molecule has 0 aliphatic rings. The van der Waals surface area contributed by atoms with Gasteiger partial charge in [0.25, 0.3) is 4.92 Å². The third kappa shape index (κ3) is 2.89. The molecule has 48 valence electrons. The molecule has 0 saturated heterocycles. The fourth-order valence-corrected chi connectivity index (χ4v) is 0.556. The summed E-state index contributed by atoms with van der Waals surface area (Å²) in [5.74, 6) is 0. The van der Waals surface area contributed by atoms with Gasteiger partial charge in [0.1, 0.15) is 0 Å². The van der Waals surface area contributed by atoms with Crippen molar-refractivity contribution in [1.29, 1.82) is 0 Å². The van der Waals surface area contributed by atoms with Crippen LogP contribution in [0.2, 0.25) is 0 Å². The van der Waals surface area contributed by atoms with Gasteiger partial charge in [-0.25, -0.2) is 5.21 Å². The van der Waals surface area contributed by atoms with Crippen molar-refractivity contribution in [3.8, 4) is 0 Å². The van der Waals surface area contributed by atoms with Gasteiger partial charge in [-0.3, -0.25) is 0 Å². The summed E-state index contributed by atoms with van der Waals surface area (Å²) in [6.07, 6.45) is 0. The second-order valence-corrected chi connectivity index (χ2v) is 1.61. The minimum atomic E-state index is -0.167. The maximum atomic E-state index is 10.1. The fraction of sp³-hybridized carbons (Fsp3) is 0. The van der Waals surface area contributed by atoms with E-state index < -0.39 is 0 Å². The van der Waals surface area contributed by atoms with Crippen molar-refractivity contribution in [3.05, 3.63) is 35.2 Å². The first kappa shape index (κ1) is 10.3. The van der Waals surface area contributed by atoms with Crippen LogP contribution in [-0.4, -0.2) is 61.5 Å². The summed E-state index contributed by atoms with van der Waals surface area (Å²) in [4.78, 5) is 9.95. The molecular formula is C6H7KNO2+. The number of nitrogens with zero attached hydrogens (tertiary/aromatic N) is 1. The molecule has 1 N–H and O–H groups in total. The van der Waals surface area contributed by atoms with Crippen LogP contribution in [-0.2, 0) is 0 Å². The van der Waals surface area contributed by atoms with Gasteiger partial charge < -0.3 is 0 Å². The van der Waals surface area contributed by atoms with Crippen LogP contribution in [0.25, 0.3) is 0 Å². The summed E-state index contributed by atoms with van der Waals surface area (Å²) in [7, 11) is 0. The van der Waals surface area contributed by atoms with Gasteiger partial charge >= 0.3 is 57.1 Å². The molecule has 0 fully saturated rings. The van der Waals surface area contributed by atoms with E-state index in [1.807, 2.05) is 0 Å². The van der Waals surface area contributed by atoms with E-state index in [9.17, 15) is 4.91 Å². The van der Waals surface area contributed by atoms with Crippen LogP contribution in [0.5, 0.6) is 0 Å². The van der Waals surface area contributed by atoms with Crippen LogP contribution in [0.15, 0.2) is 30.3 Å². The molecule has 1 aromatic carbocycles. The van der Waals surface area contributed by atoms with Crippen LogP contribution in [0.1, 0.15) is 0 Å². The van der Waals surface area contributed by atoms with E-state index in [2.05, 4.69) is 0 Å². The van der Waals surface area contributed by atoms with Crippen LogP contribution in [0.4, 0.5) is 5.69 Å². The van der Waals surface area contributed by atoms with Crippen molar-refractivity contribution < 1.29 is 10.1 Å². The fourth-order valence-electron chi connectivity index (χ4n) is 0.556. The molecule has 0 bridgehead atoms. The van der Waals surface area contributed by atoms with Crippen LogP contribution >= 0.6 is 0 Å². The Kier molecular flexibility index (Phi) is 5.11. The summed E-state index contributed by atoms with van der Waals surface area (Å²) in [5, 5.41) is 8.30. The zero-order valence-electron chi connectivity index (χ0n) is 4.69. The molecule has 10 heavy (non-hydrogen) atoms. The summed E-state index contributed by atoms with van der Waals surface area (Å²) in [5.41, 5.74) is 0.248. The molecule has 3 nitrogen and oxygen atoms in total. The second-order valence-electron chi connectivity index (χ2n) is 1.61. The Morgan fingerprint density at radius 3 is 2.00 bits per heavy atom. The first-order chi connectivity index (χ1) is 4.30. The normalized spacial score (nSPS) is 8.00. The molecule has 0 unspecified atom stereocenters. The monoisotopic (exact) mass is 164 g/mol. The Bertz CT molecular complexity index is 212. The van der Waals surface area contributed by atoms with Gasteiger partial charge in [-0.05, 0) is 0 Å². The molecule has 0 spiro atoms. The Balaban J connectivity index is 0.000000810. The predicted molar refractivity (Wildman–Crippen MR) is 38.7 cm³/mol. The van der Waals surface area contributed by atoms with Gasteiger partial charge in [-0.2, -0.15) is 0 Å². The topological polar surface area (TPSA) is 40.3 Å². The van der Waals surface area contributed by atoms with Crippen molar-refractivity contribution in [2.24, 2.45) is 0 Å². The van der Waals surface area contributed by atoms with Crippen molar-refractivity contribution in [2.45, 2.75) is 0 Å². The molecule has 0 aromatic heterocycles. The summed E-state index contributed by atoms with van der Waals surface area (Å²) < 4.78 is 0. The summed E-state index contributed by atoms with van der Waals surface area (Å²) >= 11 is 0. The molecule has 0 heterocycles. The second kappa shape index (κ2) is 4.98. The van der Waals surface area contributed by atoms with E-state index >= 15 is 0 Å². The first-order valence-electron chi connectivity index (χ1n) is 2.52. The van der Waals surface area contributed by atoms with E-state index in [1.54, 1.807) is 18.2 Å². The molecule has 0 radical (unpaired) electrons. The van der Waals surface area contributed by atoms with Gasteiger partial charge in [0.05, 0.1) is 4.91 Å². The summed E-state index contributed by atoms with van der Waals surface area (Å²) in [6.45, 7) is 0. The van der Waals surface area contributed by atoms with Crippen molar-refractivity contribution in [2.75, 3.05) is 0 Å². The molecular weight excluding hydrogens is 157 g/mol. The SMILES string of the molecule is O=[N+](O)c1ccccc1.[KH]. The van der Waals surface area contributed by atoms with Crippen molar-refractivity contribution in [1.82, 2.24) is 0 Å². The molecule has 1 rings (SSSR count). The Morgan fingerprint density at radius 1 is 1.20 bits per heavy atom. The van der Waals surface area contributed by atoms with E-state index in [-0.39, 0.29) is 62.0 Å². The van der Waals surface area contributed by atoms with E-state index in [0.29, 0.717) is 0 Å². The molecule has 0 aliphatic heterocycles. The van der Waals surface area contributed by atoms with Crippen LogP contribution < -0.4 is 0 Å². The molecule has 4 heteroatoms. The molecule has 0 atom stereocenters. The molecule has 0 saturated carbocycles.